The van der Waals surface area contributed by atoms with Crippen LogP contribution in [-0.4, -0.2) is 12.5 Å². The Hall–Kier alpha value is -1.38. The number of benzene rings is 1. The average molecular weight is 223 g/mol. The molecule has 0 aliphatic carbocycles. The van der Waals surface area contributed by atoms with E-state index in [0.29, 0.717) is 12.1 Å². The number of carbonyl (C=O) groups is 1. The number of hydrogen-bond acceptors (Lipinski definition) is 1. The second-order valence-corrected chi connectivity index (χ2v) is 3.92. The van der Waals surface area contributed by atoms with Crippen LogP contribution in [0.2, 0.25) is 0 Å². The highest BCUT2D eigenvalue weighted by atomic mass is 19.1. The van der Waals surface area contributed by atoms with Crippen molar-refractivity contribution in [1.82, 2.24) is 5.32 Å². The summed E-state index contributed by atoms with van der Waals surface area (Å²) < 4.78 is 13.0. The van der Waals surface area contributed by atoms with Crippen LogP contribution in [0.5, 0.6) is 0 Å². The van der Waals surface area contributed by atoms with Gasteiger partial charge in [0, 0.05) is 12.1 Å². The fourth-order valence-corrected chi connectivity index (χ4v) is 1.51. The second-order valence-electron chi connectivity index (χ2n) is 3.92. The zero-order valence-corrected chi connectivity index (χ0v) is 9.85. The smallest absolute Gasteiger partial charge is 0.251 e. The molecule has 1 N–H and O–H groups in total. The van der Waals surface area contributed by atoms with E-state index >= 15 is 0 Å². The van der Waals surface area contributed by atoms with Crippen molar-refractivity contribution < 1.29 is 9.18 Å². The molecule has 0 radical (unpaired) electrons. The maximum Gasteiger partial charge on any atom is 0.251 e. The Bertz CT molecular complexity index is 363. The van der Waals surface area contributed by atoms with Gasteiger partial charge in [-0.3, -0.25) is 4.79 Å². The molecule has 3 heteroatoms. The van der Waals surface area contributed by atoms with Gasteiger partial charge in [-0.05, 0) is 31.0 Å². The van der Waals surface area contributed by atoms with Gasteiger partial charge in [0.2, 0.25) is 0 Å². The van der Waals surface area contributed by atoms with E-state index in [1.54, 1.807) is 13.0 Å². The predicted octanol–water partition coefficient (Wildman–Crippen LogP) is 3.05. The van der Waals surface area contributed by atoms with Gasteiger partial charge in [0.25, 0.3) is 5.91 Å². The summed E-state index contributed by atoms with van der Waals surface area (Å²) >= 11 is 0. The van der Waals surface area contributed by atoms with Crippen molar-refractivity contribution in [3.05, 3.63) is 35.1 Å². The van der Waals surface area contributed by atoms with Crippen LogP contribution in [-0.2, 0) is 0 Å². The monoisotopic (exact) mass is 223 g/mol. The minimum absolute atomic E-state index is 0.187. The Kier molecular flexibility index (Phi) is 4.96. The normalized spacial score (nSPS) is 10.2. The lowest BCUT2D eigenvalue weighted by Gasteiger charge is -2.07. The summed E-state index contributed by atoms with van der Waals surface area (Å²) in [6.45, 7) is 4.57. The first-order chi connectivity index (χ1) is 7.65. The summed E-state index contributed by atoms with van der Waals surface area (Å²) in [5.41, 5.74) is 1.23. The molecule has 0 saturated heterocycles. The van der Waals surface area contributed by atoms with Crippen LogP contribution in [0.25, 0.3) is 0 Å². The largest absolute Gasteiger partial charge is 0.352 e. The lowest BCUT2D eigenvalue weighted by molar-refractivity contribution is 0.0952. The number of rotatable bonds is 5. The summed E-state index contributed by atoms with van der Waals surface area (Å²) in [6.07, 6.45) is 3.19. The molecule has 1 amide bonds. The highest BCUT2D eigenvalue weighted by Gasteiger charge is 2.08. The molecule has 1 rings (SSSR count). The lowest BCUT2D eigenvalue weighted by atomic mass is 10.1. The molecular formula is C13H18FNO. The van der Waals surface area contributed by atoms with Crippen LogP contribution in [0.3, 0.4) is 0 Å². The van der Waals surface area contributed by atoms with Crippen molar-refractivity contribution in [3.8, 4) is 0 Å². The lowest BCUT2D eigenvalue weighted by Crippen LogP contribution is -2.25. The third kappa shape index (κ3) is 3.65. The van der Waals surface area contributed by atoms with E-state index in [1.165, 1.54) is 12.1 Å². The van der Waals surface area contributed by atoms with Crippen molar-refractivity contribution in [2.45, 2.75) is 33.1 Å². The van der Waals surface area contributed by atoms with Gasteiger partial charge >= 0.3 is 0 Å². The fourth-order valence-electron chi connectivity index (χ4n) is 1.51. The first-order valence-electron chi connectivity index (χ1n) is 5.69. The molecule has 0 aliphatic rings. The van der Waals surface area contributed by atoms with Gasteiger partial charge in [0.15, 0.2) is 0 Å². The number of unbranched alkanes of at least 4 members (excludes halogenated alkanes) is 2. The Morgan fingerprint density at radius 2 is 2.12 bits per heavy atom. The van der Waals surface area contributed by atoms with Crippen LogP contribution in [0.15, 0.2) is 18.2 Å². The number of amides is 1. The van der Waals surface area contributed by atoms with E-state index in [4.69, 9.17) is 0 Å². The second kappa shape index (κ2) is 6.26. The molecule has 0 bridgehead atoms. The predicted molar refractivity (Wildman–Crippen MR) is 63.0 cm³/mol. The molecule has 2 nitrogen and oxygen atoms in total. The van der Waals surface area contributed by atoms with E-state index in [1.807, 2.05) is 0 Å². The molecule has 88 valence electrons. The van der Waals surface area contributed by atoms with Gasteiger partial charge in [-0.15, -0.1) is 0 Å². The van der Waals surface area contributed by atoms with E-state index in [2.05, 4.69) is 12.2 Å². The molecule has 0 atom stereocenters. The number of nitrogens with one attached hydrogen (secondary N) is 1. The van der Waals surface area contributed by atoms with Crippen molar-refractivity contribution in [3.63, 3.8) is 0 Å². The van der Waals surface area contributed by atoms with Crippen LogP contribution in [0.4, 0.5) is 4.39 Å². The van der Waals surface area contributed by atoms with Crippen LogP contribution in [0, 0.1) is 12.7 Å². The number of aryl methyl sites for hydroxylation is 1. The molecule has 1 aromatic rings. The van der Waals surface area contributed by atoms with E-state index in [9.17, 15) is 9.18 Å². The standard InChI is InChI=1S/C13H18FNO/c1-3-4-5-8-15-13(16)12-9-11(14)7-6-10(12)2/h6-7,9H,3-5,8H2,1-2H3,(H,15,16). The Morgan fingerprint density at radius 3 is 2.81 bits per heavy atom. The van der Waals surface area contributed by atoms with Gasteiger partial charge in [0.1, 0.15) is 5.82 Å². The number of halogens is 1. The Labute approximate surface area is 95.9 Å². The van der Waals surface area contributed by atoms with E-state index in [0.717, 1.165) is 24.8 Å². The van der Waals surface area contributed by atoms with Gasteiger partial charge in [-0.1, -0.05) is 25.8 Å². The highest BCUT2D eigenvalue weighted by molar-refractivity contribution is 5.95. The molecule has 0 aliphatic heterocycles. The van der Waals surface area contributed by atoms with Crippen LogP contribution in [0.1, 0.15) is 42.1 Å². The topological polar surface area (TPSA) is 29.1 Å². The van der Waals surface area contributed by atoms with Gasteiger partial charge in [-0.25, -0.2) is 4.39 Å². The molecule has 0 unspecified atom stereocenters. The van der Waals surface area contributed by atoms with Crippen LogP contribution >= 0.6 is 0 Å². The molecule has 16 heavy (non-hydrogen) atoms. The fraction of sp³-hybridized carbons (Fsp3) is 0.462. The van der Waals surface area contributed by atoms with Crippen molar-refractivity contribution in [1.29, 1.82) is 0 Å². The summed E-state index contributed by atoms with van der Waals surface area (Å²) in [5, 5.41) is 2.80. The summed E-state index contributed by atoms with van der Waals surface area (Å²) in [5.74, 6) is -0.558. The molecule has 0 heterocycles. The van der Waals surface area contributed by atoms with Gasteiger partial charge in [0.05, 0.1) is 0 Å². The average Bonchev–Trinajstić information content (AvgIpc) is 2.27. The summed E-state index contributed by atoms with van der Waals surface area (Å²) in [7, 11) is 0. The molecule has 0 spiro atoms. The summed E-state index contributed by atoms with van der Waals surface area (Å²) in [4.78, 5) is 11.7. The van der Waals surface area contributed by atoms with E-state index in [-0.39, 0.29) is 11.7 Å². The third-order valence-corrected chi connectivity index (χ3v) is 2.51. The zero-order chi connectivity index (χ0) is 12.0. The van der Waals surface area contributed by atoms with Crippen LogP contribution < -0.4 is 5.32 Å². The SMILES string of the molecule is CCCCCNC(=O)c1cc(F)ccc1C. The maximum atomic E-state index is 13.0. The number of carbonyl (C=O) groups excluding carboxylic acids is 1. The highest BCUT2D eigenvalue weighted by Crippen LogP contribution is 2.09. The van der Waals surface area contributed by atoms with Crippen molar-refractivity contribution in [2.24, 2.45) is 0 Å². The van der Waals surface area contributed by atoms with Crippen molar-refractivity contribution in [2.75, 3.05) is 6.54 Å². The number of hydrogen-bond donors (Lipinski definition) is 1. The third-order valence-electron chi connectivity index (χ3n) is 2.51. The minimum atomic E-state index is -0.371. The molecule has 0 aromatic heterocycles. The summed E-state index contributed by atoms with van der Waals surface area (Å²) in [6, 6.07) is 4.27. The molecule has 0 fully saturated rings. The first-order valence-corrected chi connectivity index (χ1v) is 5.69. The first kappa shape index (κ1) is 12.7. The van der Waals surface area contributed by atoms with Crippen molar-refractivity contribution >= 4 is 5.91 Å². The minimum Gasteiger partial charge on any atom is -0.352 e. The molecule has 0 saturated carbocycles. The molecule has 1 aromatic carbocycles. The van der Waals surface area contributed by atoms with Gasteiger partial charge < -0.3 is 5.32 Å². The maximum absolute atomic E-state index is 13.0. The van der Waals surface area contributed by atoms with Gasteiger partial charge in [-0.2, -0.15) is 0 Å². The Morgan fingerprint density at radius 1 is 1.38 bits per heavy atom. The molecular weight excluding hydrogens is 205 g/mol. The Balaban J connectivity index is 2.55. The zero-order valence-electron chi connectivity index (χ0n) is 9.85. The van der Waals surface area contributed by atoms with E-state index < -0.39 is 0 Å². The quantitative estimate of drug-likeness (QED) is 0.764.